The molecule has 0 saturated heterocycles. The van der Waals surface area contributed by atoms with E-state index in [0.29, 0.717) is 5.25 Å². The van der Waals surface area contributed by atoms with Crippen LogP contribution in [0.5, 0.6) is 0 Å². The summed E-state index contributed by atoms with van der Waals surface area (Å²) in [5.41, 5.74) is -0.541. The Morgan fingerprint density at radius 1 is 1.62 bits per heavy atom. The maximum atomic E-state index is 12.3. The van der Waals surface area contributed by atoms with E-state index in [1.807, 2.05) is 35.9 Å². The van der Waals surface area contributed by atoms with Gasteiger partial charge in [0.15, 0.2) is 0 Å². The topological polar surface area (TPSA) is 56.1 Å². The fraction of sp³-hybridized carbons (Fsp3) is 0.733. The average Bonchev–Trinajstić information content (AvgIpc) is 2.82. The number of aryl methyl sites for hydroxylation is 1. The number of hydrogen-bond acceptors (Lipinski definition) is 5. The molecule has 0 aromatic carbocycles. The van der Waals surface area contributed by atoms with E-state index in [1.165, 1.54) is 7.11 Å². The van der Waals surface area contributed by atoms with Crippen molar-refractivity contribution in [1.29, 1.82) is 0 Å². The molecule has 1 saturated carbocycles. The van der Waals surface area contributed by atoms with E-state index in [2.05, 4.69) is 24.3 Å². The summed E-state index contributed by atoms with van der Waals surface area (Å²) in [4.78, 5) is 13.5. The Morgan fingerprint density at radius 2 is 2.38 bits per heavy atom. The second kappa shape index (κ2) is 6.83. The maximum Gasteiger partial charge on any atom is 0.326 e. The molecule has 21 heavy (non-hydrogen) atoms. The minimum absolute atomic E-state index is 0.132. The quantitative estimate of drug-likeness (QED) is 0.846. The third kappa shape index (κ3) is 4.01. The summed E-state index contributed by atoms with van der Waals surface area (Å²) in [6.45, 7) is 4.14. The number of aromatic nitrogens is 2. The van der Waals surface area contributed by atoms with Crippen LogP contribution < -0.4 is 5.32 Å². The Labute approximate surface area is 130 Å². The Bertz CT molecular complexity index is 489. The van der Waals surface area contributed by atoms with Crippen molar-refractivity contribution in [3.05, 3.63) is 12.4 Å². The first kappa shape index (κ1) is 16.4. The van der Waals surface area contributed by atoms with Gasteiger partial charge in [-0.1, -0.05) is 0 Å². The molecule has 118 valence electrons. The monoisotopic (exact) mass is 311 g/mol. The van der Waals surface area contributed by atoms with Crippen LogP contribution in [0.15, 0.2) is 17.3 Å². The molecule has 0 amide bonds. The van der Waals surface area contributed by atoms with Gasteiger partial charge in [-0.15, -0.1) is 11.8 Å². The largest absolute Gasteiger partial charge is 0.468 e. The van der Waals surface area contributed by atoms with Crippen LogP contribution in [-0.4, -0.2) is 39.7 Å². The van der Waals surface area contributed by atoms with Crippen molar-refractivity contribution in [1.82, 2.24) is 15.1 Å². The number of thioether (sulfide) groups is 1. The zero-order valence-corrected chi connectivity index (χ0v) is 14.1. The molecule has 1 N–H and O–H groups in total. The highest BCUT2D eigenvalue weighted by molar-refractivity contribution is 8.00. The molecule has 2 unspecified atom stereocenters. The minimum atomic E-state index is -0.541. The van der Waals surface area contributed by atoms with Gasteiger partial charge < -0.3 is 4.74 Å². The molecule has 2 rings (SSSR count). The molecule has 2 atom stereocenters. The molecule has 1 aromatic rings. The van der Waals surface area contributed by atoms with E-state index in [-0.39, 0.29) is 12.0 Å². The second-order valence-electron chi connectivity index (χ2n) is 6.06. The van der Waals surface area contributed by atoms with E-state index in [4.69, 9.17) is 4.74 Å². The SMILES string of the molecule is COC(=O)C1(NC(C)C)CCCC(Sc2cnn(C)c2)C1. The lowest BCUT2D eigenvalue weighted by molar-refractivity contribution is -0.150. The number of hydrogen-bond donors (Lipinski definition) is 1. The molecule has 1 aliphatic carbocycles. The van der Waals surface area contributed by atoms with Gasteiger partial charge in [0.2, 0.25) is 0 Å². The van der Waals surface area contributed by atoms with Crippen molar-refractivity contribution in [3.8, 4) is 0 Å². The normalized spacial score (nSPS) is 26.0. The number of nitrogens with one attached hydrogen (secondary N) is 1. The van der Waals surface area contributed by atoms with E-state index in [9.17, 15) is 4.79 Å². The second-order valence-corrected chi connectivity index (χ2v) is 7.43. The van der Waals surface area contributed by atoms with Crippen LogP contribution in [0.4, 0.5) is 0 Å². The highest BCUT2D eigenvalue weighted by Gasteiger charge is 2.44. The number of methoxy groups -OCH3 is 1. The van der Waals surface area contributed by atoms with Gasteiger partial charge in [-0.05, 0) is 39.5 Å². The molecule has 0 bridgehead atoms. The number of nitrogens with zero attached hydrogens (tertiary/aromatic N) is 2. The highest BCUT2D eigenvalue weighted by atomic mass is 32.2. The van der Waals surface area contributed by atoms with Crippen molar-refractivity contribution in [2.75, 3.05) is 7.11 Å². The lowest BCUT2D eigenvalue weighted by atomic mass is 9.81. The Hall–Kier alpha value is -1.01. The van der Waals surface area contributed by atoms with E-state index in [1.54, 1.807) is 0 Å². The molecular formula is C15H25N3O2S. The van der Waals surface area contributed by atoms with Crippen LogP contribution in [0.25, 0.3) is 0 Å². The van der Waals surface area contributed by atoms with Crippen LogP contribution in [0, 0.1) is 0 Å². The van der Waals surface area contributed by atoms with Gasteiger partial charge in [-0.2, -0.15) is 5.10 Å². The molecule has 0 aliphatic heterocycles. The van der Waals surface area contributed by atoms with Gasteiger partial charge in [-0.3, -0.25) is 14.8 Å². The molecule has 1 aromatic heterocycles. The van der Waals surface area contributed by atoms with Crippen LogP contribution in [0.1, 0.15) is 39.5 Å². The molecule has 1 heterocycles. The van der Waals surface area contributed by atoms with Crippen LogP contribution >= 0.6 is 11.8 Å². The lowest BCUT2D eigenvalue weighted by Crippen LogP contribution is -2.58. The first-order valence-electron chi connectivity index (χ1n) is 7.46. The first-order valence-corrected chi connectivity index (χ1v) is 8.34. The fourth-order valence-corrected chi connectivity index (χ4v) is 4.46. The molecule has 1 aliphatic rings. The number of carbonyl (C=O) groups excluding carboxylic acids is 1. The summed E-state index contributed by atoms with van der Waals surface area (Å²) in [7, 11) is 3.40. The molecule has 0 radical (unpaired) electrons. The fourth-order valence-electron chi connectivity index (χ4n) is 3.10. The van der Waals surface area contributed by atoms with Crippen molar-refractivity contribution < 1.29 is 9.53 Å². The standard InChI is InChI=1S/C15H25N3O2S/c1-11(2)17-15(14(19)20-4)7-5-6-12(8-15)21-13-9-16-18(3)10-13/h9-12,17H,5-8H2,1-4H3. The zero-order valence-electron chi connectivity index (χ0n) is 13.3. The molecule has 1 fully saturated rings. The van der Waals surface area contributed by atoms with E-state index >= 15 is 0 Å². The lowest BCUT2D eigenvalue weighted by Gasteiger charge is -2.40. The van der Waals surface area contributed by atoms with Gasteiger partial charge in [0.1, 0.15) is 5.54 Å². The van der Waals surface area contributed by atoms with Crippen molar-refractivity contribution >= 4 is 17.7 Å². The van der Waals surface area contributed by atoms with Gasteiger partial charge in [-0.25, -0.2) is 0 Å². The van der Waals surface area contributed by atoms with Gasteiger partial charge >= 0.3 is 5.97 Å². The summed E-state index contributed by atoms with van der Waals surface area (Å²) in [6, 6.07) is 0.256. The number of esters is 1. The summed E-state index contributed by atoms with van der Waals surface area (Å²) < 4.78 is 6.88. The maximum absolute atomic E-state index is 12.3. The van der Waals surface area contributed by atoms with Gasteiger partial charge in [0.25, 0.3) is 0 Å². The van der Waals surface area contributed by atoms with Crippen LogP contribution in [0.2, 0.25) is 0 Å². The average molecular weight is 311 g/mol. The molecular weight excluding hydrogens is 286 g/mol. The zero-order chi connectivity index (χ0) is 15.5. The summed E-state index contributed by atoms with van der Waals surface area (Å²) in [5.74, 6) is -0.132. The predicted molar refractivity (Wildman–Crippen MR) is 84.3 cm³/mol. The van der Waals surface area contributed by atoms with Crippen LogP contribution in [0.3, 0.4) is 0 Å². The summed E-state index contributed by atoms with van der Waals surface area (Å²) in [6.07, 6.45) is 7.72. The predicted octanol–water partition coefficient (Wildman–Crippen LogP) is 2.36. The summed E-state index contributed by atoms with van der Waals surface area (Å²) in [5, 5.41) is 8.08. The Kier molecular flexibility index (Phi) is 5.32. The van der Waals surface area contributed by atoms with Crippen molar-refractivity contribution in [2.24, 2.45) is 7.05 Å². The molecule has 6 heteroatoms. The van der Waals surface area contributed by atoms with E-state index in [0.717, 1.165) is 30.6 Å². The summed E-state index contributed by atoms with van der Waals surface area (Å²) >= 11 is 1.81. The Morgan fingerprint density at radius 3 is 2.95 bits per heavy atom. The smallest absolute Gasteiger partial charge is 0.326 e. The number of carbonyl (C=O) groups is 1. The third-order valence-corrected chi connectivity index (χ3v) is 5.05. The molecule has 5 nitrogen and oxygen atoms in total. The molecule has 0 spiro atoms. The Balaban J connectivity index is 2.10. The van der Waals surface area contributed by atoms with Crippen LogP contribution in [-0.2, 0) is 16.6 Å². The first-order chi connectivity index (χ1) is 9.95. The van der Waals surface area contributed by atoms with Crippen molar-refractivity contribution in [2.45, 2.75) is 61.3 Å². The van der Waals surface area contributed by atoms with E-state index < -0.39 is 5.54 Å². The minimum Gasteiger partial charge on any atom is -0.468 e. The van der Waals surface area contributed by atoms with Gasteiger partial charge in [0, 0.05) is 29.4 Å². The third-order valence-electron chi connectivity index (χ3n) is 3.83. The van der Waals surface area contributed by atoms with Gasteiger partial charge in [0.05, 0.1) is 13.3 Å². The number of ether oxygens (including phenoxy) is 1. The number of rotatable bonds is 5. The highest BCUT2D eigenvalue weighted by Crippen LogP contribution is 2.39. The van der Waals surface area contributed by atoms with Crippen molar-refractivity contribution in [3.63, 3.8) is 0 Å².